The Bertz CT molecular complexity index is 597. The predicted molar refractivity (Wildman–Crippen MR) is 94.5 cm³/mol. The summed E-state index contributed by atoms with van der Waals surface area (Å²) in [4.78, 5) is 58.3. The Morgan fingerprint density at radius 3 is 1.50 bits per heavy atom. The van der Waals surface area contributed by atoms with Gasteiger partial charge in [-0.25, -0.2) is 4.79 Å². The van der Waals surface area contributed by atoms with Crippen LogP contribution in [0, 0.1) is 0 Å². The first-order chi connectivity index (χ1) is 12.9. The van der Waals surface area contributed by atoms with Crippen LogP contribution in [-0.2, 0) is 24.0 Å². The van der Waals surface area contributed by atoms with Crippen molar-refractivity contribution in [3.63, 3.8) is 0 Å². The number of nitrogens with one attached hydrogen (secondary N) is 4. The van der Waals surface area contributed by atoms with Gasteiger partial charge in [0.2, 0.25) is 23.6 Å². The molecule has 0 aliphatic heterocycles. The third-order valence-electron chi connectivity index (χ3n) is 3.53. The average Bonchev–Trinajstić information content (AvgIpc) is 2.62. The first-order valence-corrected chi connectivity index (χ1v) is 8.36. The number of rotatable bonds is 11. The van der Waals surface area contributed by atoms with Crippen molar-refractivity contribution in [2.75, 3.05) is 13.2 Å². The lowest BCUT2D eigenvalue weighted by molar-refractivity contribution is -0.143. The van der Waals surface area contributed by atoms with Gasteiger partial charge in [0.15, 0.2) is 0 Å². The zero-order valence-electron chi connectivity index (χ0n) is 15.8. The molecule has 0 spiro atoms. The van der Waals surface area contributed by atoms with Crippen molar-refractivity contribution < 1.29 is 39.3 Å². The van der Waals surface area contributed by atoms with Gasteiger partial charge in [-0.2, -0.15) is 0 Å². The van der Waals surface area contributed by atoms with E-state index in [9.17, 15) is 29.1 Å². The van der Waals surface area contributed by atoms with E-state index in [2.05, 4.69) is 16.0 Å². The molecule has 5 atom stereocenters. The lowest BCUT2D eigenvalue weighted by atomic mass is 10.2. The van der Waals surface area contributed by atoms with Crippen LogP contribution in [0.5, 0.6) is 0 Å². The molecule has 0 heterocycles. The zero-order chi connectivity index (χ0) is 22.0. The lowest BCUT2D eigenvalue weighted by Gasteiger charge is -2.22. The van der Waals surface area contributed by atoms with Gasteiger partial charge in [0.1, 0.15) is 24.2 Å². The molecule has 0 rings (SSSR count). The van der Waals surface area contributed by atoms with E-state index in [4.69, 9.17) is 15.9 Å². The van der Waals surface area contributed by atoms with Gasteiger partial charge in [0, 0.05) is 0 Å². The zero-order valence-corrected chi connectivity index (χ0v) is 15.8. The van der Waals surface area contributed by atoms with Gasteiger partial charge in [-0.3, -0.25) is 19.2 Å². The van der Waals surface area contributed by atoms with Crippen LogP contribution >= 0.6 is 0 Å². The minimum atomic E-state index is -1.53. The molecule has 0 aromatic carbocycles. The lowest BCUT2D eigenvalue weighted by Crippen LogP contribution is -2.58. The maximum absolute atomic E-state index is 12.1. The summed E-state index contributed by atoms with van der Waals surface area (Å²) in [5.74, 6) is -4.59. The Balaban J connectivity index is 4.72. The van der Waals surface area contributed by atoms with Gasteiger partial charge >= 0.3 is 5.97 Å². The molecule has 0 bridgehead atoms. The number of carboxylic acids is 1. The molecule has 28 heavy (non-hydrogen) atoms. The third-order valence-corrected chi connectivity index (χ3v) is 3.53. The van der Waals surface area contributed by atoms with Gasteiger partial charge in [-0.1, -0.05) is 0 Å². The molecular formula is C15H27N5O8. The van der Waals surface area contributed by atoms with E-state index < -0.39 is 73.0 Å². The summed E-state index contributed by atoms with van der Waals surface area (Å²) >= 11 is 0. The van der Waals surface area contributed by atoms with E-state index in [0.29, 0.717) is 0 Å². The Morgan fingerprint density at radius 2 is 1.11 bits per heavy atom. The molecule has 0 saturated carbocycles. The number of aliphatic hydroxyl groups excluding tert-OH is 2. The Hall–Kier alpha value is -2.77. The van der Waals surface area contributed by atoms with Crippen molar-refractivity contribution >= 4 is 29.6 Å². The van der Waals surface area contributed by atoms with E-state index in [1.807, 2.05) is 5.32 Å². The minimum Gasteiger partial charge on any atom is -0.480 e. The van der Waals surface area contributed by atoms with Crippen LogP contribution in [0.25, 0.3) is 0 Å². The van der Waals surface area contributed by atoms with Crippen molar-refractivity contribution in [1.82, 2.24) is 21.3 Å². The Kier molecular flexibility index (Phi) is 10.7. The molecule has 13 nitrogen and oxygen atoms in total. The first kappa shape index (κ1) is 25.2. The van der Waals surface area contributed by atoms with Gasteiger partial charge < -0.3 is 42.3 Å². The number of nitrogens with two attached hydrogens (primary N) is 1. The number of aliphatic carboxylic acids is 1. The summed E-state index contributed by atoms with van der Waals surface area (Å²) in [7, 11) is 0. The van der Waals surface area contributed by atoms with Crippen LogP contribution in [0.1, 0.15) is 20.8 Å². The van der Waals surface area contributed by atoms with Crippen LogP contribution in [-0.4, -0.2) is 88.3 Å². The highest BCUT2D eigenvalue weighted by molar-refractivity contribution is 5.95. The second kappa shape index (κ2) is 11.8. The summed E-state index contributed by atoms with van der Waals surface area (Å²) in [6.07, 6.45) is 0. The third kappa shape index (κ3) is 8.28. The smallest absolute Gasteiger partial charge is 0.328 e. The fraction of sp³-hybridized carbons (Fsp3) is 0.667. The van der Waals surface area contributed by atoms with E-state index in [1.165, 1.54) is 20.8 Å². The maximum Gasteiger partial charge on any atom is 0.328 e. The summed E-state index contributed by atoms with van der Waals surface area (Å²) in [6, 6.07) is -6.06. The number of hydrogen-bond acceptors (Lipinski definition) is 8. The number of aliphatic hydroxyl groups is 2. The molecule has 0 aliphatic carbocycles. The fourth-order valence-corrected chi connectivity index (χ4v) is 1.76. The van der Waals surface area contributed by atoms with Crippen LogP contribution in [0.3, 0.4) is 0 Å². The highest BCUT2D eigenvalue weighted by atomic mass is 16.4. The summed E-state index contributed by atoms with van der Waals surface area (Å²) in [5, 5.41) is 35.6. The summed E-state index contributed by atoms with van der Waals surface area (Å²) in [5.41, 5.74) is 5.36. The van der Waals surface area contributed by atoms with Gasteiger partial charge in [0.25, 0.3) is 0 Å². The number of carbonyl (C=O) groups is 5. The topological polar surface area (TPSA) is 220 Å². The standard InChI is InChI=1S/C15H27N5O8/c1-6(16)11(23)19-9(4-21)14(26)18-7(2)12(24)17-8(3)13(25)20-10(5-22)15(27)28/h6-10,21-22H,4-5,16H2,1-3H3,(H,17,24)(H,18,26)(H,19,23)(H,20,25)(H,27,28)/t6-,7-,8-,9-,10-/m0/s1. The number of hydrogen-bond donors (Lipinski definition) is 8. The molecule has 4 amide bonds. The van der Waals surface area contributed by atoms with Crippen molar-refractivity contribution in [2.24, 2.45) is 5.73 Å². The number of carboxylic acid groups (broad SMARTS) is 1. The van der Waals surface area contributed by atoms with Gasteiger partial charge in [-0.15, -0.1) is 0 Å². The fourth-order valence-electron chi connectivity index (χ4n) is 1.76. The number of carbonyl (C=O) groups excluding carboxylic acids is 4. The molecule has 0 radical (unpaired) electrons. The molecule has 160 valence electrons. The highest BCUT2D eigenvalue weighted by Gasteiger charge is 2.27. The van der Waals surface area contributed by atoms with Gasteiger partial charge in [-0.05, 0) is 20.8 Å². The molecule has 0 unspecified atom stereocenters. The Labute approximate surface area is 161 Å². The quantitative estimate of drug-likeness (QED) is 0.165. The van der Waals surface area contributed by atoms with Gasteiger partial charge in [0.05, 0.1) is 19.3 Å². The molecule has 9 N–H and O–H groups in total. The van der Waals surface area contributed by atoms with Crippen molar-refractivity contribution in [3.8, 4) is 0 Å². The van der Waals surface area contributed by atoms with E-state index in [-0.39, 0.29) is 0 Å². The molecule has 0 saturated heterocycles. The van der Waals surface area contributed by atoms with Crippen molar-refractivity contribution in [3.05, 3.63) is 0 Å². The molecule has 0 aliphatic rings. The van der Waals surface area contributed by atoms with Crippen molar-refractivity contribution in [2.45, 2.75) is 51.0 Å². The molecule has 0 fully saturated rings. The molecule has 0 aromatic heterocycles. The SMILES string of the molecule is C[C@H](N)C(=O)N[C@@H](CO)C(=O)N[C@@H](C)C(=O)N[C@@H](C)C(=O)N[C@@H](CO)C(=O)O. The van der Waals surface area contributed by atoms with E-state index in [0.717, 1.165) is 0 Å². The minimum absolute atomic E-state index is 0.673. The van der Waals surface area contributed by atoms with Crippen LogP contribution in [0.2, 0.25) is 0 Å². The monoisotopic (exact) mass is 405 g/mol. The van der Waals surface area contributed by atoms with Crippen molar-refractivity contribution in [1.29, 1.82) is 0 Å². The normalized spacial score (nSPS) is 15.9. The number of amides is 4. The molecular weight excluding hydrogens is 378 g/mol. The average molecular weight is 405 g/mol. The Morgan fingerprint density at radius 1 is 0.714 bits per heavy atom. The largest absolute Gasteiger partial charge is 0.480 e. The highest BCUT2D eigenvalue weighted by Crippen LogP contribution is 1.93. The van der Waals surface area contributed by atoms with Crippen LogP contribution < -0.4 is 27.0 Å². The van der Waals surface area contributed by atoms with Crippen LogP contribution in [0.4, 0.5) is 0 Å². The second-order valence-corrected chi connectivity index (χ2v) is 6.07. The maximum atomic E-state index is 12.1. The molecule has 0 aromatic rings. The predicted octanol–water partition coefficient (Wildman–Crippen LogP) is -4.62. The summed E-state index contributed by atoms with van der Waals surface area (Å²) in [6.45, 7) is 2.40. The molecule has 13 heteroatoms. The van der Waals surface area contributed by atoms with E-state index in [1.54, 1.807) is 0 Å². The van der Waals surface area contributed by atoms with E-state index >= 15 is 0 Å². The van der Waals surface area contributed by atoms with Crippen LogP contribution in [0.15, 0.2) is 0 Å². The second-order valence-electron chi connectivity index (χ2n) is 6.07. The summed E-state index contributed by atoms with van der Waals surface area (Å²) < 4.78 is 0. The first-order valence-electron chi connectivity index (χ1n) is 8.36.